The van der Waals surface area contributed by atoms with Gasteiger partial charge in [0.1, 0.15) is 0 Å². The van der Waals surface area contributed by atoms with Crippen LogP contribution in [0.15, 0.2) is 0 Å². The molecule has 0 saturated carbocycles. The van der Waals surface area contributed by atoms with Crippen LogP contribution in [-0.4, -0.2) is 47.0 Å². The number of nitrogens with zero attached hydrogens (tertiary/aromatic N) is 1. The van der Waals surface area contributed by atoms with Gasteiger partial charge in [-0.1, -0.05) is 20.8 Å². The fourth-order valence-corrected chi connectivity index (χ4v) is 3.77. The Bertz CT molecular complexity index is 300. The third-order valence-corrected chi connectivity index (χ3v) is 5.45. The molecule has 2 rings (SSSR count). The van der Waals surface area contributed by atoms with Crippen LogP contribution in [0.3, 0.4) is 0 Å². The topological polar surface area (TPSA) is 32.3 Å². The van der Waals surface area contributed by atoms with E-state index in [1.54, 1.807) is 11.8 Å². The number of piperidine rings is 1. The molecule has 2 fully saturated rings. The summed E-state index contributed by atoms with van der Waals surface area (Å²) in [5.41, 5.74) is 0. The summed E-state index contributed by atoms with van der Waals surface area (Å²) >= 11 is 1.76. The van der Waals surface area contributed by atoms with Crippen molar-refractivity contribution in [3.8, 4) is 0 Å². The number of carbonyl (C=O) groups is 1. The molecule has 0 aliphatic carbocycles. The zero-order valence-corrected chi connectivity index (χ0v) is 13.4. The van der Waals surface area contributed by atoms with Gasteiger partial charge in [0, 0.05) is 23.9 Å². The number of rotatable bonds is 3. The number of thioether (sulfide) groups is 1. The lowest BCUT2D eigenvalue weighted by atomic mass is 9.88. The Morgan fingerprint density at radius 3 is 2.47 bits per heavy atom. The standard InChI is InChI=1S/C15H28N2OS/c1-15(2,3)19-11-14(18)17-9-6-12(7-10-17)13-5-4-8-16-13/h12-13,16H,4-11H2,1-3H3. The Labute approximate surface area is 121 Å². The molecule has 4 heteroatoms. The highest BCUT2D eigenvalue weighted by Crippen LogP contribution is 2.27. The van der Waals surface area contributed by atoms with Crippen molar-refractivity contribution < 1.29 is 4.79 Å². The molecule has 0 radical (unpaired) electrons. The third-order valence-electron chi connectivity index (χ3n) is 4.19. The van der Waals surface area contributed by atoms with Crippen LogP contribution < -0.4 is 5.32 Å². The zero-order chi connectivity index (χ0) is 13.9. The number of nitrogens with one attached hydrogen (secondary N) is 1. The highest BCUT2D eigenvalue weighted by atomic mass is 32.2. The zero-order valence-electron chi connectivity index (χ0n) is 12.6. The first-order valence-corrected chi connectivity index (χ1v) is 8.59. The molecule has 0 bridgehead atoms. The highest BCUT2D eigenvalue weighted by Gasteiger charge is 2.30. The van der Waals surface area contributed by atoms with E-state index in [0.717, 1.165) is 25.0 Å². The van der Waals surface area contributed by atoms with Crippen LogP contribution in [-0.2, 0) is 4.79 Å². The van der Waals surface area contributed by atoms with Crippen LogP contribution in [0.5, 0.6) is 0 Å². The lowest BCUT2D eigenvalue weighted by Gasteiger charge is -2.35. The van der Waals surface area contributed by atoms with E-state index in [9.17, 15) is 4.79 Å². The Kier molecular flexibility index (Phi) is 5.18. The summed E-state index contributed by atoms with van der Waals surface area (Å²) in [5, 5.41) is 3.61. The van der Waals surface area contributed by atoms with Crippen LogP contribution in [0.4, 0.5) is 0 Å². The second kappa shape index (κ2) is 6.49. The van der Waals surface area contributed by atoms with Crippen LogP contribution >= 0.6 is 11.8 Å². The molecule has 1 amide bonds. The molecule has 1 atom stereocenters. The summed E-state index contributed by atoms with van der Waals surface area (Å²) in [6, 6.07) is 0.723. The van der Waals surface area contributed by atoms with Gasteiger partial charge in [-0.25, -0.2) is 0 Å². The Hall–Kier alpha value is -0.220. The van der Waals surface area contributed by atoms with Crippen molar-refractivity contribution in [2.45, 2.75) is 57.2 Å². The van der Waals surface area contributed by atoms with Gasteiger partial charge in [-0.05, 0) is 38.1 Å². The largest absolute Gasteiger partial charge is 0.342 e. The average Bonchev–Trinajstić information content (AvgIpc) is 2.89. The van der Waals surface area contributed by atoms with E-state index >= 15 is 0 Å². The van der Waals surface area contributed by atoms with Crippen molar-refractivity contribution in [1.82, 2.24) is 10.2 Å². The second-order valence-electron chi connectivity index (χ2n) is 6.82. The van der Waals surface area contributed by atoms with Crippen molar-refractivity contribution in [1.29, 1.82) is 0 Å². The fraction of sp³-hybridized carbons (Fsp3) is 0.933. The number of carbonyl (C=O) groups excluding carboxylic acids is 1. The Balaban J connectivity index is 1.71. The third kappa shape index (κ3) is 4.67. The van der Waals surface area contributed by atoms with Crippen LogP contribution in [0.1, 0.15) is 46.5 Å². The molecule has 19 heavy (non-hydrogen) atoms. The predicted molar refractivity (Wildman–Crippen MR) is 82.5 cm³/mol. The van der Waals surface area contributed by atoms with E-state index < -0.39 is 0 Å². The highest BCUT2D eigenvalue weighted by molar-refractivity contribution is 8.01. The van der Waals surface area contributed by atoms with Crippen molar-refractivity contribution in [3.05, 3.63) is 0 Å². The molecule has 1 N–H and O–H groups in total. The molecule has 0 spiro atoms. The van der Waals surface area contributed by atoms with Crippen LogP contribution in [0, 0.1) is 5.92 Å². The monoisotopic (exact) mass is 284 g/mol. The van der Waals surface area contributed by atoms with Crippen LogP contribution in [0.2, 0.25) is 0 Å². The molecule has 2 aliphatic rings. The molecule has 0 aromatic heterocycles. The predicted octanol–water partition coefficient (Wildman–Crippen LogP) is 2.51. The molecule has 0 aromatic carbocycles. The summed E-state index contributed by atoms with van der Waals surface area (Å²) < 4.78 is 0.182. The average molecular weight is 284 g/mol. The first kappa shape index (κ1) is 15.2. The second-order valence-corrected chi connectivity index (χ2v) is 8.62. The number of amides is 1. The summed E-state index contributed by atoms with van der Waals surface area (Å²) in [6.07, 6.45) is 5.03. The van der Waals surface area contributed by atoms with Gasteiger partial charge in [0.05, 0.1) is 5.75 Å². The minimum Gasteiger partial charge on any atom is -0.342 e. The summed E-state index contributed by atoms with van der Waals surface area (Å²) in [5.74, 6) is 1.76. The van der Waals surface area contributed by atoms with Gasteiger partial charge in [-0.2, -0.15) is 0 Å². The van der Waals surface area contributed by atoms with E-state index in [4.69, 9.17) is 0 Å². The van der Waals surface area contributed by atoms with Crippen molar-refractivity contribution >= 4 is 17.7 Å². The summed E-state index contributed by atoms with van der Waals surface area (Å²) in [7, 11) is 0. The molecule has 2 saturated heterocycles. The first-order valence-electron chi connectivity index (χ1n) is 7.61. The maximum Gasteiger partial charge on any atom is 0.232 e. The molecule has 0 aromatic rings. The minimum atomic E-state index is 0.182. The SMILES string of the molecule is CC(C)(C)SCC(=O)N1CCC(C2CCCN2)CC1. The molecule has 2 aliphatic heterocycles. The van der Waals surface area contributed by atoms with E-state index in [1.165, 1.54) is 32.2 Å². The number of likely N-dealkylation sites (tertiary alicyclic amines) is 1. The molecular formula is C15H28N2OS. The first-order chi connectivity index (χ1) is 8.96. The smallest absolute Gasteiger partial charge is 0.232 e. The fourth-order valence-electron chi connectivity index (χ4n) is 3.03. The maximum absolute atomic E-state index is 12.2. The lowest BCUT2D eigenvalue weighted by molar-refractivity contribution is -0.129. The van der Waals surface area contributed by atoms with Gasteiger partial charge in [-0.3, -0.25) is 4.79 Å². The minimum absolute atomic E-state index is 0.182. The number of hydrogen-bond donors (Lipinski definition) is 1. The van der Waals surface area contributed by atoms with E-state index in [0.29, 0.717) is 11.7 Å². The summed E-state index contributed by atoms with van der Waals surface area (Å²) in [4.78, 5) is 14.2. The maximum atomic E-state index is 12.2. The molecule has 110 valence electrons. The van der Waals surface area contributed by atoms with Gasteiger partial charge in [0.15, 0.2) is 0 Å². The van der Waals surface area contributed by atoms with Gasteiger partial charge >= 0.3 is 0 Å². The molecule has 1 unspecified atom stereocenters. The van der Waals surface area contributed by atoms with E-state index in [-0.39, 0.29) is 4.75 Å². The van der Waals surface area contributed by atoms with E-state index in [1.807, 2.05) is 0 Å². The van der Waals surface area contributed by atoms with E-state index in [2.05, 4.69) is 31.0 Å². The van der Waals surface area contributed by atoms with Gasteiger partial charge in [-0.15, -0.1) is 11.8 Å². The van der Waals surface area contributed by atoms with Crippen molar-refractivity contribution in [2.75, 3.05) is 25.4 Å². The molecule has 2 heterocycles. The van der Waals surface area contributed by atoms with Crippen molar-refractivity contribution in [3.63, 3.8) is 0 Å². The Morgan fingerprint density at radius 2 is 1.95 bits per heavy atom. The summed E-state index contributed by atoms with van der Waals surface area (Å²) in [6.45, 7) is 9.62. The quantitative estimate of drug-likeness (QED) is 0.864. The lowest BCUT2D eigenvalue weighted by Crippen LogP contribution is -2.44. The van der Waals surface area contributed by atoms with Gasteiger partial charge in [0.25, 0.3) is 0 Å². The Morgan fingerprint density at radius 1 is 1.26 bits per heavy atom. The molecule has 3 nitrogen and oxygen atoms in total. The number of hydrogen-bond acceptors (Lipinski definition) is 3. The van der Waals surface area contributed by atoms with Gasteiger partial charge < -0.3 is 10.2 Å². The van der Waals surface area contributed by atoms with Crippen LogP contribution in [0.25, 0.3) is 0 Å². The molecular weight excluding hydrogens is 256 g/mol. The normalized spacial score (nSPS) is 25.8. The van der Waals surface area contributed by atoms with Gasteiger partial charge in [0.2, 0.25) is 5.91 Å². The van der Waals surface area contributed by atoms with Crippen molar-refractivity contribution in [2.24, 2.45) is 5.92 Å².